The molecule has 0 spiro atoms. The molecule has 3 nitrogen and oxygen atoms in total. The van der Waals surface area contributed by atoms with Crippen molar-refractivity contribution in [1.82, 2.24) is 9.38 Å². The second kappa shape index (κ2) is 4.35. The Balaban J connectivity index is 2.29. The van der Waals surface area contributed by atoms with Crippen LogP contribution in [0.3, 0.4) is 0 Å². The number of aryl methyl sites for hydroxylation is 2. The third-order valence-electron chi connectivity index (χ3n) is 3.46. The van der Waals surface area contributed by atoms with Crippen molar-refractivity contribution in [1.29, 1.82) is 0 Å². The molecule has 19 heavy (non-hydrogen) atoms. The van der Waals surface area contributed by atoms with Crippen LogP contribution in [-0.2, 0) is 0 Å². The lowest BCUT2D eigenvalue weighted by molar-refractivity contribution is 0.111. The third kappa shape index (κ3) is 1.83. The number of aldehydes is 1. The highest BCUT2D eigenvalue weighted by atomic mass is 16.1. The van der Waals surface area contributed by atoms with Gasteiger partial charge in [-0.1, -0.05) is 18.2 Å². The summed E-state index contributed by atoms with van der Waals surface area (Å²) in [5, 5.41) is 0. The SMILES string of the molecule is Cc1ccc(-c2nc3ccccn3c2C=O)cc1C. The van der Waals surface area contributed by atoms with Gasteiger partial charge in [-0.05, 0) is 43.2 Å². The summed E-state index contributed by atoms with van der Waals surface area (Å²) in [6.45, 7) is 4.14. The number of pyridine rings is 1. The average Bonchev–Trinajstić information content (AvgIpc) is 2.80. The number of rotatable bonds is 2. The highest BCUT2D eigenvalue weighted by molar-refractivity contribution is 5.86. The lowest BCUT2D eigenvalue weighted by Gasteiger charge is -2.03. The van der Waals surface area contributed by atoms with Crippen LogP contribution in [0.5, 0.6) is 0 Å². The summed E-state index contributed by atoms with van der Waals surface area (Å²) in [5.41, 5.74) is 5.54. The molecule has 3 rings (SSSR count). The summed E-state index contributed by atoms with van der Waals surface area (Å²) in [6, 6.07) is 11.9. The van der Waals surface area contributed by atoms with Gasteiger partial charge in [0.2, 0.25) is 0 Å². The van der Waals surface area contributed by atoms with Crippen molar-refractivity contribution in [3.63, 3.8) is 0 Å². The first-order valence-electron chi connectivity index (χ1n) is 6.20. The summed E-state index contributed by atoms with van der Waals surface area (Å²) < 4.78 is 1.82. The summed E-state index contributed by atoms with van der Waals surface area (Å²) in [7, 11) is 0. The fourth-order valence-corrected chi connectivity index (χ4v) is 2.23. The van der Waals surface area contributed by atoms with Crippen LogP contribution in [0, 0.1) is 13.8 Å². The molecule has 3 heteroatoms. The number of carbonyl (C=O) groups is 1. The summed E-state index contributed by atoms with van der Waals surface area (Å²) in [5.74, 6) is 0. The molecule has 1 aromatic carbocycles. The van der Waals surface area contributed by atoms with Crippen LogP contribution in [0.1, 0.15) is 21.6 Å². The first-order valence-corrected chi connectivity index (χ1v) is 6.20. The lowest BCUT2D eigenvalue weighted by atomic mass is 10.0. The second-order valence-corrected chi connectivity index (χ2v) is 4.69. The highest BCUT2D eigenvalue weighted by Gasteiger charge is 2.13. The van der Waals surface area contributed by atoms with Gasteiger partial charge in [-0.3, -0.25) is 9.20 Å². The molecule has 0 saturated heterocycles. The third-order valence-corrected chi connectivity index (χ3v) is 3.46. The molecule has 94 valence electrons. The molecule has 3 aromatic rings. The summed E-state index contributed by atoms with van der Waals surface area (Å²) in [4.78, 5) is 15.9. The molecular formula is C16H14N2O. The van der Waals surface area contributed by atoms with Gasteiger partial charge >= 0.3 is 0 Å². The maximum Gasteiger partial charge on any atom is 0.169 e. The minimum atomic E-state index is 0.596. The minimum absolute atomic E-state index is 0.596. The number of fused-ring (bicyclic) bond motifs is 1. The van der Waals surface area contributed by atoms with Gasteiger partial charge in [0.15, 0.2) is 6.29 Å². The zero-order valence-electron chi connectivity index (χ0n) is 10.9. The number of hydrogen-bond acceptors (Lipinski definition) is 2. The van der Waals surface area contributed by atoms with E-state index in [1.807, 2.05) is 34.9 Å². The van der Waals surface area contributed by atoms with Crippen molar-refractivity contribution < 1.29 is 4.79 Å². The van der Waals surface area contributed by atoms with Gasteiger partial charge < -0.3 is 0 Å². The predicted molar refractivity (Wildman–Crippen MR) is 75.5 cm³/mol. The first kappa shape index (κ1) is 11.7. The number of imidazole rings is 1. The van der Waals surface area contributed by atoms with Crippen molar-refractivity contribution in [3.05, 3.63) is 59.4 Å². The van der Waals surface area contributed by atoms with E-state index in [4.69, 9.17) is 0 Å². The Morgan fingerprint density at radius 2 is 1.95 bits per heavy atom. The van der Waals surface area contributed by atoms with E-state index in [1.165, 1.54) is 11.1 Å². The molecule has 0 aliphatic carbocycles. The molecule has 0 bridgehead atoms. The van der Waals surface area contributed by atoms with Crippen LogP contribution in [0.15, 0.2) is 42.6 Å². The standard InChI is InChI=1S/C16H14N2O/c1-11-6-7-13(9-12(11)2)16-14(10-19)18-8-4-3-5-15(18)17-16/h3-10H,1-2H3. The molecule has 2 heterocycles. The molecule has 0 unspecified atom stereocenters. The van der Waals surface area contributed by atoms with Crippen molar-refractivity contribution in [3.8, 4) is 11.3 Å². The quantitative estimate of drug-likeness (QED) is 0.653. The molecule has 0 radical (unpaired) electrons. The fraction of sp³-hybridized carbons (Fsp3) is 0.125. The zero-order valence-corrected chi connectivity index (χ0v) is 10.9. The Kier molecular flexibility index (Phi) is 2.67. The monoisotopic (exact) mass is 250 g/mol. The molecule has 0 aliphatic heterocycles. The number of carbonyl (C=O) groups excluding carboxylic acids is 1. The normalized spacial score (nSPS) is 10.8. The van der Waals surface area contributed by atoms with Gasteiger partial charge in [-0.2, -0.15) is 0 Å². The Labute approximate surface area is 111 Å². The van der Waals surface area contributed by atoms with E-state index < -0.39 is 0 Å². The molecule has 2 aromatic heterocycles. The maximum atomic E-state index is 11.4. The van der Waals surface area contributed by atoms with E-state index in [-0.39, 0.29) is 0 Å². The first-order chi connectivity index (χ1) is 9.20. The van der Waals surface area contributed by atoms with E-state index in [9.17, 15) is 4.79 Å². The minimum Gasteiger partial charge on any atom is -0.297 e. The van der Waals surface area contributed by atoms with Crippen LogP contribution in [0.4, 0.5) is 0 Å². The van der Waals surface area contributed by atoms with Crippen LogP contribution in [0.2, 0.25) is 0 Å². The van der Waals surface area contributed by atoms with Crippen LogP contribution in [0.25, 0.3) is 16.9 Å². The predicted octanol–water partition coefficient (Wildman–Crippen LogP) is 3.43. The van der Waals surface area contributed by atoms with Crippen molar-refractivity contribution >= 4 is 11.9 Å². The number of aromatic nitrogens is 2. The van der Waals surface area contributed by atoms with Gasteiger partial charge in [-0.15, -0.1) is 0 Å². The van der Waals surface area contributed by atoms with Crippen molar-refractivity contribution in [2.24, 2.45) is 0 Å². The Morgan fingerprint density at radius 3 is 2.68 bits per heavy atom. The van der Waals surface area contributed by atoms with Gasteiger partial charge in [0.05, 0.1) is 0 Å². The van der Waals surface area contributed by atoms with Gasteiger partial charge in [0.25, 0.3) is 0 Å². The number of hydrogen-bond donors (Lipinski definition) is 0. The van der Waals surface area contributed by atoms with E-state index in [0.717, 1.165) is 23.2 Å². The molecule has 0 N–H and O–H groups in total. The van der Waals surface area contributed by atoms with E-state index in [1.54, 1.807) is 0 Å². The molecule has 0 amide bonds. The molecule has 0 saturated carbocycles. The van der Waals surface area contributed by atoms with E-state index in [2.05, 4.69) is 31.0 Å². The second-order valence-electron chi connectivity index (χ2n) is 4.69. The van der Waals surface area contributed by atoms with Crippen LogP contribution in [-0.4, -0.2) is 15.7 Å². The Bertz CT molecular complexity index is 772. The molecule has 0 atom stereocenters. The van der Waals surface area contributed by atoms with Crippen LogP contribution >= 0.6 is 0 Å². The summed E-state index contributed by atoms with van der Waals surface area (Å²) in [6.07, 6.45) is 2.72. The smallest absolute Gasteiger partial charge is 0.169 e. The van der Waals surface area contributed by atoms with Crippen LogP contribution < -0.4 is 0 Å². The Morgan fingerprint density at radius 1 is 1.11 bits per heavy atom. The lowest BCUT2D eigenvalue weighted by Crippen LogP contribution is -1.92. The zero-order chi connectivity index (χ0) is 13.4. The van der Waals surface area contributed by atoms with Gasteiger partial charge in [-0.25, -0.2) is 4.98 Å². The van der Waals surface area contributed by atoms with Crippen molar-refractivity contribution in [2.75, 3.05) is 0 Å². The highest BCUT2D eigenvalue weighted by Crippen LogP contribution is 2.25. The van der Waals surface area contributed by atoms with Gasteiger partial charge in [0, 0.05) is 11.8 Å². The average molecular weight is 250 g/mol. The fourth-order valence-electron chi connectivity index (χ4n) is 2.23. The number of nitrogens with zero attached hydrogens (tertiary/aromatic N) is 2. The van der Waals surface area contributed by atoms with Crippen molar-refractivity contribution in [2.45, 2.75) is 13.8 Å². The maximum absolute atomic E-state index is 11.4. The van der Waals surface area contributed by atoms with E-state index >= 15 is 0 Å². The van der Waals surface area contributed by atoms with Gasteiger partial charge in [0.1, 0.15) is 17.0 Å². The Hall–Kier alpha value is -2.42. The summed E-state index contributed by atoms with van der Waals surface area (Å²) >= 11 is 0. The number of benzene rings is 1. The molecular weight excluding hydrogens is 236 g/mol. The molecule has 0 fully saturated rings. The largest absolute Gasteiger partial charge is 0.297 e. The van der Waals surface area contributed by atoms with E-state index in [0.29, 0.717) is 5.69 Å². The topological polar surface area (TPSA) is 34.4 Å². The molecule has 0 aliphatic rings.